The molecule has 1 heterocycles. The summed E-state index contributed by atoms with van der Waals surface area (Å²) in [4.78, 5) is 14.7. The van der Waals surface area contributed by atoms with E-state index in [1.54, 1.807) is 0 Å². The van der Waals surface area contributed by atoms with Gasteiger partial charge in [-0.15, -0.1) is 0 Å². The second-order valence-corrected chi connectivity index (χ2v) is 7.80. The summed E-state index contributed by atoms with van der Waals surface area (Å²) in [5, 5.41) is 13.3. The fourth-order valence-corrected chi connectivity index (χ4v) is 3.14. The van der Waals surface area contributed by atoms with Crippen molar-refractivity contribution in [3.05, 3.63) is 0 Å². The zero-order valence-corrected chi connectivity index (χ0v) is 14.6. The number of hydrogen-bond donors (Lipinski definition) is 2. The summed E-state index contributed by atoms with van der Waals surface area (Å²) in [7, 11) is 0. The molecule has 0 aliphatic carbocycles. The fraction of sp³-hybridized carbons (Fsp3) is 0.941. The lowest BCUT2D eigenvalue weighted by molar-refractivity contribution is -0.127. The van der Waals surface area contributed by atoms with Crippen molar-refractivity contribution < 1.29 is 9.90 Å². The van der Waals surface area contributed by atoms with Crippen LogP contribution in [0.4, 0.5) is 0 Å². The Morgan fingerprint density at radius 3 is 2.19 bits per heavy atom. The Labute approximate surface area is 130 Å². The molecule has 0 bridgehead atoms. The molecule has 0 aromatic rings. The van der Waals surface area contributed by atoms with Crippen molar-refractivity contribution in [1.29, 1.82) is 0 Å². The first kappa shape index (κ1) is 18.4. The maximum atomic E-state index is 12.3. The second kappa shape index (κ2) is 7.59. The minimum absolute atomic E-state index is 0.131. The van der Waals surface area contributed by atoms with Crippen LogP contribution in [0, 0.1) is 17.3 Å². The summed E-state index contributed by atoms with van der Waals surface area (Å²) in [6.07, 6.45) is 1.48. The molecule has 0 aromatic carbocycles. The Hall–Kier alpha value is -0.610. The molecule has 0 radical (unpaired) electrons. The summed E-state index contributed by atoms with van der Waals surface area (Å²) in [6, 6.07) is 0.564. The molecule has 0 saturated carbocycles. The van der Waals surface area contributed by atoms with Crippen LogP contribution < -0.4 is 5.32 Å². The van der Waals surface area contributed by atoms with Crippen molar-refractivity contribution in [3.63, 3.8) is 0 Å². The van der Waals surface area contributed by atoms with Crippen LogP contribution in [0.1, 0.15) is 54.4 Å². The smallest absolute Gasteiger partial charge is 0.223 e. The van der Waals surface area contributed by atoms with Crippen molar-refractivity contribution in [2.45, 2.75) is 66.5 Å². The number of hydrogen-bond acceptors (Lipinski definition) is 3. The lowest BCUT2D eigenvalue weighted by atomic mass is 9.80. The SMILES string of the molecule is CC(C)C(O)C(C)(C)CNC(=O)C1CCN(C(C)C)CC1. The fourth-order valence-electron chi connectivity index (χ4n) is 3.14. The highest BCUT2D eigenvalue weighted by atomic mass is 16.3. The van der Waals surface area contributed by atoms with Gasteiger partial charge in [-0.05, 0) is 45.7 Å². The second-order valence-electron chi connectivity index (χ2n) is 7.80. The summed E-state index contributed by atoms with van der Waals surface area (Å²) in [5.41, 5.74) is -0.289. The number of carbonyl (C=O) groups is 1. The highest BCUT2D eigenvalue weighted by molar-refractivity contribution is 5.78. The van der Waals surface area contributed by atoms with Gasteiger partial charge in [-0.3, -0.25) is 4.79 Å². The maximum absolute atomic E-state index is 12.3. The number of likely N-dealkylation sites (tertiary alicyclic amines) is 1. The first-order valence-electron chi connectivity index (χ1n) is 8.35. The Kier molecular flexibility index (Phi) is 6.67. The van der Waals surface area contributed by atoms with Gasteiger partial charge < -0.3 is 15.3 Å². The molecule has 4 nitrogen and oxygen atoms in total. The molecule has 0 aromatic heterocycles. The molecule has 0 spiro atoms. The number of carbonyl (C=O) groups excluding carboxylic acids is 1. The van der Waals surface area contributed by atoms with Gasteiger partial charge in [-0.25, -0.2) is 0 Å². The van der Waals surface area contributed by atoms with Gasteiger partial charge in [-0.2, -0.15) is 0 Å². The van der Waals surface area contributed by atoms with Crippen molar-refractivity contribution >= 4 is 5.91 Å². The molecule has 1 aliphatic heterocycles. The van der Waals surface area contributed by atoms with Gasteiger partial charge >= 0.3 is 0 Å². The normalized spacial score (nSPS) is 20.0. The quantitative estimate of drug-likeness (QED) is 0.791. The summed E-state index contributed by atoms with van der Waals surface area (Å²) in [5.74, 6) is 0.487. The van der Waals surface area contributed by atoms with Crippen molar-refractivity contribution in [2.24, 2.45) is 17.3 Å². The van der Waals surface area contributed by atoms with Crippen LogP contribution in [-0.4, -0.2) is 47.7 Å². The number of rotatable bonds is 6. The number of aliphatic hydroxyl groups excluding tert-OH is 1. The third-order valence-corrected chi connectivity index (χ3v) is 4.78. The topological polar surface area (TPSA) is 52.6 Å². The van der Waals surface area contributed by atoms with Crippen molar-refractivity contribution in [1.82, 2.24) is 10.2 Å². The van der Waals surface area contributed by atoms with Gasteiger partial charge in [-0.1, -0.05) is 27.7 Å². The highest BCUT2D eigenvalue weighted by Crippen LogP contribution is 2.26. The van der Waals surface area contributed by atoms with E-state index in [9.17, 15) is 9.90 Å². The first-order valence-corrected chi connectivity index (χ1v) is 8.35. The Balaban J connectivity index is 2.41. The average Bonchev–Trinajstić information content (AvgIpc) is 2.43. The number of nitrogens with one attached hydrogen (secondary N) is 1. The van der Waals surface area contributed by atoms with Crippen LogP contribution in [0.15, 0.2) is 0 Å². The van der Waals surface area contributed by atoms with E-state index in [4.69, 9.17) is 0 Å². The van der Waals surface area contributed by atoms with Crippen LogP contribution in [0.2, 0.25) is 0 Å². The molecule has 1 amide bonds. The molecule has 1 saturated heterocycles. The van der Waals surface area contributed by atoms with E-state index in [0.29, 0.717) is 12.6 Å². The summed E-state index contributed by atoms with van der Waals surface area (Å²) in [6.45, 7) is 15.0. The molecule has 1 fully saturated rings. The summed E-state index contributed by atoms with van der Waals surface area (Å²) < 4.78 is 0. The van der Waals surface area contributed by atoms with E-state index < -0.39 is 6.10 Å². The van der Waals surface area contributed by atoms with Gasteiger partial charge in [0, 0.05) is 23.9 Å². The van der Waals surface area contributed by atoms with E-state index in [2.05, 4.69) is 24.1 Å². The minimum atomic E-state index is -0.402. The van der Waals surface area contributed by atoms with E-state index in [0.717, 1.165) is 25.9 Å². The standard InChI is InChI=1S/C17H34N2O2/c1-12(2)15(20)17(5,6)11-18-16(21)14-7-9-19(10-8-14)13(3)4/h12-15,20H,7-11H2,1-6H3,(H,18,21). The predicted molar refractivity (Wildman–Crippen MR) is 87.1 cm³/mol. The molecule has 4 heteroatoms. The van der Waals surface area contributed by atoms with Crippen LogP contribution in [-0.2, 0) is 4.79 Å². The van der Waals surface area contributed by atoms with Crippen LogP contribution in [0.25, 0.3) is 0 Å². The van der Waals surface area contributed by atoms with Gasteiger partial charge in [0.05, 0.1) is 6.10 Å². The zero-order valence-electron chi connectivity index (χ0n) is 14.6. The van der Waals surface area contributed by atoms with Crippen LogP contribution in [0.5, 0.6) is 0 Å². The van der Waals surface area contributed by atoms with E-state index in [1.807, 2.05) is 27.7 Å². The molecule has 124 valence electrons. The molecule has 2 N–H and O–H groups in total. The zero-order chi connectivity index (χ0) is 16.2. The van der Waals surface area contributed by atoms with Crippen LogP contribution >= 0.6 is 0 Å². The Morgan fingerprint density at radius 2 is 1.76 bits per heavy atom. The number of nitrogens with zero attached hydrogens (tertiary/aromatic N) is 1. The minimum Gasteiger partial charge on any atom is -0.392 e. The van der Waals surface area contributed by atoms with Gasteiger partial charge in [0.15, 0.2) is 0 Å². The monoisotopic (exact) mass is 298 g/mol. The molecule has 21 heavy (non-hydrogen) atoms. The lowest BCUT2D eigenvalue weighted by Crippen LogP contribution is -2.47. The Bertz CT molecular complexity index is 332. The van der Waals surface area contributed by atoms with Crippen LogP contribution in [0.3, 0.4) is 0 Å². The third-order valence-electron chi connectivity index (χ3n) is 4.78. The van der Waals surface area contributed by atoms with Gasteiger partial charge in [0.1, 0.15) is 0 Å². The molecule has 1 atom stereocenters. The predicted octanol–water partition coefficient (Wildman–Crippen LogP) is 2.27. The highest BCUT2D eigenvalue weighted by Gasteiger charge is 2.32. The lowest BCUT2D eigenvalue weighted by Gasteiger charge is -2.36. The van der Waals surface area contributed by atoms with Gasteiger partial charge in [0.2, 0.25) is 5.91 Å². The summed E-state index contributed by atoms with van der Waals surface area (Å²) >= 11 is 0. The average molecular weight is 298 g/mol. The van der Waals surface area contributed by atoms with Crippen molar-refractivity contribution in [3.8, 4) is 0 Å². The molecular formula is C17H34N2O2. The first-order chi connectivity index (χ1) is 9.65. The molecule has 1 rings (SSSR count). The number of piperidine rings is 1. The maximum Gasteiger partial charge on any atom is 0.223 e. The van der Waals surface area contributed by atoms with Crippen molar-refractivity contribution in [2.75, 3.05) is 19.6 Å². The molecule has 1 aliphatic rings. The van der Waals surface area contributed by atoms with E-state index in [-0.39, 0.29) is 23.2 Å². The Morgan fingerprint density at radius 1 is 1.24 bits per heavy atom. The molecule has 1 unspecified atom stereocenters. The van der Waals surface area contributed by atoms with E-state index in [1.165, 1.54) is 0 Å². The number of aliphatic hydroxyl groups is 1. The largest absolute Gasteiger partial charge is 0.392 e. The third kappa shape index (κ3) is 5.26. The number of amides is 1. The van der Waals surface area contributed by atoms with E-state index >= 15 is 0 Å². The van der Waals surface area contributed by atoms with Gasteiger partial charge in [0.25, 0.3) is 0 Å². The molecular weight excluding hydrogens is 264 g/mol.